The predicted molar refractivity (Wildman–Crippen MR) is 165 cm³/mol. The number of aliphatic hydroxyl groups is 1. The van der Waals surface area contributed by atoms with Gasteiger partial charge in [0.15, 0.2) is 4.34 Å². The molecule has 1 aliphatic rings. The second kappa shape index (κ2) is 11.5. The Morgan fingerprint density at radius 1 is 1.00 bits per heavy atom. The lowest BCUT2D eigenvalue weighted by molar-refractivity contribution is -0.132. The van der Waals surface area contributed by atoms with Gasteiger partial charge in [0.1, 0.15) is 11.6 Å². The first kappa shape index (κ1) is 27.8. The maximum absolute atomic E-state index is 14.4. The standard InChI is InChI=1S/C33H26FN3O3S2/c1-3-20-12-15-22(16-13-20)28-27(29(38)23-14-11-19(2)26(34)17-23)30(39)31(40)37(28)32-35-36-33(42-32)41-18-24-9-6-8-21-7-4-5-10-25(21)24/h4-17,28,38H,3,18H2,1-2H3/b29-27-. The van der Waals surface area contributed by atoms with Gasteiger partial charge in [0.05, 0.1) is 11.6 Å². The van der Waals surface area contributed by atoms with Crippen molar-refractivity contribution in [3.63, 3.8) is 0 Å². The largest absolute Gasteiger partial charge is 0.507 e. The van der Waals surface area contributed by atoms with Gasteiger partial charge in [-0.3, -0.25) is 14.5 Å². The Bertz CT molecular complexity index is 1860. The average Bonchev–Trinajstić information content (AvgIpc) is 3.58. The van der Waals surface area contributed by atoms with Crippen LogP contribution in [0.2, 0.25) is 0 Å². The molecule has 210 valence electrons. The molecule has 1 aliphatic heterocycles. The van der Waals surface area contributed by atoms with E-state index in [0.717, 1.165) is 28.3 Å². The lowest BCUT2D eigenvalue weighted by Gasteiger charge is -2.22. The first-order valence-electron chi connectivity index (χ1n) is 13.4. The molecule has 2 heterocycles. The van der Waals surface area contributed by atoms with Crippen LogP contribution in [0, 0.1) is 12.7 Å². The molecule has 1 N–H and O–H groups in total. The molecule has 0 radical (unpaired) electrons. The summed E-state index contributed by atoms with van der Waals surface area (Å²) in [5, 5.41) is 22.5. The summed E-state index contributed by atoms with van der Waals surface area (Å²) in [4.78, 5) is 28.2. The molecule has 0 spiro atoms. The molecule has 1 unspecified atom stereocenters. The molecular formula is C33H26FN3O3S2. The maximum Gasteiger partial charge on any atom is 0.301 e. The van der Waals surface area contributed by atoms with Crippen molar-refractivity contribution in [2.24, 2.45) is 0 Å². The molecule has 1 saturated heterocycles. The van der Waals surface area contributed by atoms with Crippen molar-refractivity contribution in [1.29, 1.82) is 0 Å². The molecule has 6 nitrogen and oxygen atoms in total. The van der Waals surface area contributed by atoms with E-state index in [9.17, 15) is 19.1 Å². The Balaban J connectivity index is 1.38. The van der Waals surface area contributed by atoms with Crippen LogP contribution in [0.15, 0.2) is 94.8 Å². The van der Waals surface area contributed by atoms with Gasteiger partial charge in [-0.2, -0.15) is 0 Å². The number of nitrogens with zero attached hydrogens (tertiary/aromatic N) is 3. The number of halogens is 1. The van der Waals surface area contributed by atoms with Crippen LogP contribution in [0.25, 0.3) is 16.5 Å². The zero-order valence-corrected chi connectivity index (χ0v) is 24.5. The third-order valence-electron chi connectivity index (χ3n) is 7.43. The van der Waals surface area contributed by atoms with Crippen LogP contribution >= 0.6 is 23.1 Å². The van der Waals surface area contributed by atoms with Crippen LogP contribution in [0.3, 0.4) is 0 Å². The Morgan fingerprint density at radius 2 is 1.76 bits per heavy atom. The number of thioether (sulfide) groups is 1. The zero-order chi connectivity index (χ0) is 29.4. The zero-order valence-electron chi connectivity index (χ0n) is 22.9. The highest BCUT2D eigenvalue weighted by Crippen LogP contribution is 2.44. The number of carbonyl (C=O) groups is 2. The summed E-state index contributed by atoms with van der Waals surface area (Å²) >= 11 is 2.71. The maximum atomic E-state index is 14.4. The highest BCUT2D eigenvalue weighted by molar-refractivity contribution is 8.00. The van der Waals surface area contributed by atoms with Crippen molar-refractivity contribution in [1.82, 2.24) is 10.2 Å². The molecule has 4 aromatic carbocycles. The first-order valence-corrected chi connectivity index (χ1v) is 15.2. The number of hydrogen-bond donors (Lipinski definition) is 1. The van der Waals surface area contributed by atoms with Gasteiger partial charge < -0.3 is 5.11 Å². The number of benzene rings is 4. The molecule has 9 heteroatoms. The molecule has 1 fully saturated rings. The lowest BCUT2D eigenvalue weighted by atomic mass is 9.94. The topological polar surface area (TPSA) is 83.4 Å². The van der Waals surface area contributed by atoms with Gasteiger partial charge >= 0.3 is 5.91 Å². The summed E-state index contributed by atoms with van der Waals surface area (Å²) in [6.45, 7) is 3.64. The number of carbonyl (C=O) groups excluding carboxylic acids is 2. The number of amides is 1. The first-order chi connectivity index (χ1) is 20.4. The van der Waals surface area contributed by atoms with E-state index < -0.39 is 29.3 Å². The molecular weight excluding hydrogens is 570 g/mol. The summed E-state index contributed by atoms with van der Waals surface area (Å²) < 4.78 is 15.1. The number of aryl methyl sites for hydroxylation is 2. The number of fused-ring (bicyclic) bond motifs is 1. The van der Waals surface area contributed by atoms with Crippen LogP contribution in [-0.2, 0) is 21.8 Å². The van der Waals surface area contributed by atoms with Crippen molar-refractivity contribution in [2.75, 3.05) is 4.90 Å². The van der Waals surface area contributed by atoms with E-state index in [0.29, 0.717) is 21.2 Å². The minimum atomic E-state index is -0.955. The van der Waals surface area contributed by atoms with Crippen LogP contribution in [-0.4, -0.2) is 27.0 Å². The van der Waals surface area contributed by atoms with Crippen molar-refractivity contribution in [3.8, 4) is 0 Å². The summed E-state index contributed by atoms with van der Waals surface area (Å²) in [5.41, 5.74) is 3.26. The fraction of sp³-hybridized carbons (Fsp3) is 0.152. The Morgan fingerprint density at radius 3 is 2.52 bits per heavy atom. The number of aromatic nitrogens is 2. The van der Waals surface area contributed by atoms with Crippen molar-refractivity contribution in [3.05, 3.63) is 124 Å². The third-order valence-corrected chi connectivity index (χ3v) is 9.53. The van der Waals surface area contributed by atoms with E-state index in [2.05, 4.69) is 34.5 Å². The Labute approximate surface area is 250 Å². The molecule has 5 aromatic rings. The molecule has 1 aromatic heterocycles. The Hall–Kier alpha value is -4.34. The van der Waals surface area contributed by atoms with E-state index in [4.69, 9.17) is 0 Å². The number of Topliss-reactive ketones (excluding diaryl/α,β-unsaturated/α-hetero) is 1. The quantitative estimate of drug-likeness (QED) is 0.0685. The predicted octanol–water partition coefficient (Wildman–Crippen LogP) is 7.62. The van der Waals surface area contributed by atoms with Gasteiger partial charge in [-0.25, -0.2) is 4.39 Å². The molecule has 1 atom stereocenters. The molecule has 0 saturated carbocycles. The monoisotopic (exact) mass is 595 g/mol. The van der Waals surface area contributed by atoms with Gasteiger partial charge in [0.2, 0.25) is 5.13 Å². The average molecular weight is 596 g/mol. The minimum Gasteiger partial charge on any atom is -0.507 e. The second-order valence-electron chi connectivity index (χ2n) is 10.0. The van der Waals surface area contributed by atoms with Gasteiger partial charge in [0.25, 0.3) is 5.78 Å². The summed E-state index contributed by atoms with van der Waals surface area (Å²) in [6.07, 6.45) is 0.816. The van der Waals surface area contributed by atoms with Crippen LogP contribution in [0.4, 0.5) is 9.52 Å². The van der Waals surface area contributed by atoms with E-state index in [1.807, 2.05) is 49.4 Å². The second-order valence-corrected chi connectivity index (χ2v) is 12.2. The van der Waals surface area contributed by atoms with Crippen LogP contribution in [0.1, 0.15) is 40.8 Å². The number of ketones is 1. The summed E-state index contributed by atoms with van der Waals surface area (Å²) in [7, 11) is 0. The van der Waals surface area contributed by atoms with Crippen LogP contribution < -0.4 is 4.90 Å². The van der Waals surface area contributed by atoms with Gasteiger partial charge in [-0.1, -0.05) is 109 Å². The van der Waals surface area contributed by atoms with E-state index in [1.54, 1.807) is 6.92 Å². The van der Waals surface area contributed by atoms with E-state index >= 15 is 0 Å². The molecule has 0 bridgehead atoms. The Kier molecular flexibility index (Phi) is 7.62. The minimum absolute atomic E-state index is 0.118. The van der Waals surface area contributed by atoms with Crippen molar-refractivity contribution >= 4 is 56.5 Å². The molecule has 42 heavy (non-hydrogen) atoms. The molecule has 6 rings (SSSR count). The lowest BCUT2D eigenvalue weighted by Crippen LogP contribution is -2.29. The summed E-state index contributed by atoms with van der Waals surface area (Å²) in [6, 6.07) is 25.1. The molecule has 1 amide bonds. The number of hydrogen-bond acceptors (Lipinski definition) is 7. The van der Waals surface area contributed by atoms with Gasteiger partial charge in [0, 0.05) is 11.3 Å². The highest BCUT2D eigenvalue weighted by atomic mass is 32.2. The summed E-state index contributed by atoms with van der Waals surface area (Å²) in [5.74, 6) is -1.99. The van der Waals surface area contributed by atoms with E-state index in [-0.39, 0.29) is 16.3 Å². The number of aliphatic hydroxyl groups excluding tert-OH is 1. The fourth-order valence-corrected chi connectivity index (χ4v) is 6.96. The third kappa shape index (κ3) is 5.10. The normalized spacial score (nSPS) is 16.5. The highest BCUT2D eigenvalue weighted by Gasteiger charge is 2.48. The van der Waals surface area contributed by atoms with E-state index in [1.165, 1.54) is 46.2 Å². The van der Waals surface area contributed by atoms with Gasteiger partial charge in [-0.15, -0.1) is 10.2 Å². The fourth-order valence-electron chi connectivity index (χ4n) is 5.09. The number of rotatable bonds is 7. The SMILES string of the molecule is CCc1ccc(C2/C(=C(/O)c3ccc(C)c(F)c3)C(=O)C(=O)N2c2nnc(SCc3cccc4ccccc34)s2)cc1. The van der Waals surface area contributed by atoms with Crippen LogP contribution in [0.5, 0.6) is 0 Å². The smallest absolute Gasteiger partial charge is 0.301 e. The van der Waals surface area contributed by atoms with Gasteiger partial charge in [-0.05, 0) is 52.4 Å². The van der Waals surface area contributed by atoms with Crippen molar-refractivity contribution in [2.45, 2.75) is 36.4 Å². The number of anilines is 1. The molecule has 0 aliphatic carbocycles. The van der Waals surface area contributed by atoms with Crippen molar-refractivity contribution < 1.29 is 19.1 Å².